The average molecular weight is 356 g/mol. The van der Waals surface area contributed by atoms with Gasteiger partial charge in [-0.15, -0.1) is 12.4 Å². The number of nitrogens with two attached hydrogens (primary N) is 1. The molecule has 0 aliphatic carbocycles. The van der Waals surface area contributed by atoms with Crippen LogP contribution in [0.15, 0.2) is 53.4 Å². The number of hydrogen-bond acceptors (Lipinski definition) is 4. The van der Waals surface area contributed by atoms with Gasteiger partial charge in [0.25, 0.3) is 0 Å². The van der Waals surface area contributed by atoms with Crippen LogP contribution in [0.3, 0.4) is 0 Å². The van der Waals surface area contributed by atoms with E-state index in [1.807, 2.05) is 0 Å². The molecule has 2 aromatic carbocycles. The molecular formula is C15H18ClN3O3S. The molecular weight excluding hydrogens is 338 g/mol. The zero-order valence-corrected chi connectivity index (χ0v) is 14.1. The smallest absolute Gasteiger partial charge is 0.240 e. The lowest BCUT2D eigenvalue weighted by Crippen LogP contribution is -2.23. The van der Waals surface area contributed by atoms with Gasteiger partial charge in [0, 0.05) is 12.1 Å². The van der Waals surface area contributed by atoms with Crippen LogP contribution >= 0.6 is 12.4 Å². The molecule has 0 aliphatic heterocycles. The van der Waals surface area contributed by atoms with E-state index in [0.29, 0.717) is 11.3 Å². The van der Waals surface area contributed by atoms with E-state index in [9.17, 15) is 8.42 Å². The van der Waals surface area contributed by atoms with Crippen LogP contribution in [-0.2, 0) is 16.6 Å². The highest BCUT2D eigenvalue weighted by Gasteiger charge is 2.14. The lowest BCUT2D eigenvalue weighted by Gasteiger charge is -2.08. The van der Waals surface area contributed by atoms with Gasteiger partial charge in [-0.05, 0) is 29.8 Å². The molecule has 0 aromatic heterocycles. The van der Waals surface area contributed by atoms with Crippen molar-refractivity contribution in [2.45, 2.75) is 11.4 Å². The van der Waals surface area contributed by atoms with Gasteiger partial charge in [-0.3, -0.25) is 5.41 Å². The Morgan fingerprint density at radius 2 is 1.87 bits per heavy atom. The summed E-state index contributed by atoms with van der Waals surface area (Å²) in [4.78, 5) is 0.0775. The summed E-state index contributed by atoms with van der Waals surface area (Å²) in [7, 11) is -2.09. The van der Waals surface area contributed by atoms with Crippen LogP contribution < -0.4 is 15.2 Å². The number of amidine groups is 1. The summed E-state index contributed by atoms with van der Waals surface area (Å²) in [5.41, 5.74) is 6.55. The second-order valence-corrected chi connectivity index (χ2v) is 6.38. The Morgan fingerprint density at radius 1 is 1.22 bits per heavy atom. The van der Waals surface area contributed by atoms with E-state index in [1.54, 1.807) is 43.5 Å². The van der Waals surface area contributed by atoms with Crippen molar-refractivity contribution in [2.75, 3.05) is 7.11 Å². The maximum atomic E-state index is 12.3. The van der Waals surface area contributed by atoms with Gasteiger partial charge in [-0.2, -0.15) is 0 Å². The van der Waals surface area contributed by atoms with E-state index < -0.39 is 10.0 Å². The fourth-order valence-corrected chi connectivity index (χ4v) is 2.90. The second-order valence-electron chi connectivity index (χ2n) is 4.61. The third-order valence-corrected chi connectivity index (χ3v) is 4.48. The number of sulfonamides is 1. The molecule has 6 nitrogen and oxygen atoms in total. The van der Waals surface area contributed by atoms with Crippen LogP contribution in [0.1, 0.15) is 11.1 Å². The molecule has 0 spiro atoms. The Bertz CT molecular complexity index is 777. The maximum absolute atomic E-state index is 12.3. The summed E-state index contributed by atoms with van der Waals surface area (Å²) in [6, 6.07) is 13.1. The van der Waals surface area contributed by atoms with Gasteiger partial charge in [0.1, 0.15) is 11.6 Å². The van der Waals surface area contributed by atoms with Crippen molar-refractivity contribution in [1.29, 1.82) is 5.41 Å². The summed E-state index contributed by atoms with van der Waals surface area (Å²) in [5.74, 6) is 0.535. The van der Waals surface area contributed by atoms with E-state index in [1.165, 1.54) is 12.1 Å². The number of ether oxygens (including phenoxy) is 1. The Balaban J connectivity index is 0.00000264. The van der Waals surface area contributed by atoms with Crippen LogP contribution in [-0.4, -0.2) is 21.4 Å². The molecule has 23 heavy (non-hydrogen) atoms. The Labute approximate surface area is 141 Å². The number of methoxy groups -OCH3 is 1. The number of hydrogen-bond donors (Lipinski definition) is 3. The molecule has 124 valence electrons. The van der Waals surface area contributed by atoms with Crippen LogP contribution in [0.25, 0.3) is 0 Å². The second kappa shape index (κ2) is 7.96. The number of nitrogen functional groups attached to an aromatic ring is 1. The van der Waals surface area contributed by atoms with Gasteiger partial charge >= 0.3 is 0 Å². The molecule has 2 aromatic rings. The summed E-state index contributed by atoms with van der Waals surface area (Å²) < 4.78 is 32.1. The van der Waals surface area contributed by atoms with Gasteiger partial charge in [-0.25, -0.2) is 13.1 Å². The van der Waals surface area contributed by atoms with Crippen molar-refractivity contribution in [3.8, 4) is 5.75 Å². The lowest BCUT2D eigenvalue weighted by molar-refractivity contribution is 0.414. The zero-order valence-electron chi connectivity index (χ0n) is 12.4. The largest absolute Gasteiger partial charge is 0.497 e. The van der Waals surface area contributed by atoms with Crippen LogP contribution in [0.2, 0.25) is 0 Å². The molecule has 0 radical (unpaired) electrons. The van der Waals surface area contributed by atoms with E-state index >= 15 is 0 Å². The minimum Gasteiger partial charge on any atom is -0.497 e. The lowest BCUT2D eigenvalue weighted by atomic mass is 10.2. The summed E-state index contributed by atoms with van der Waals surface area (Å²) in [6.45, 7) is 0.163. The highest BCUT2D eigenvalue weighted by molar-refractivity contribution is 7.89. The molecule has 8 heteroatoms. The first-order valence-electron chi connectivity index (χ1n) is 6.49. The summed E-state index contributed by atoms with van der Waals surface area (Å²) >= 11 is 0. The van der Waals surface area contributed by atoms with Crippen molar-refractivity contribution in [3.63, 3.8) is 0 Å². The monoisotopic (exact) mass is 355 g/mol. The third kappa shape index (κ3) is 4.95. The number of rotatable bonds is 6. The zero-order chi connectivity index (χ0) is 16.2. The van der Waals surface area contributed by atoms with Crippen LogP contribution in [0, 0.1) is 5.41 Å². The van der Waals surface area contributed by atoms with E-state index in [2.05, 4.69) is 4.72 Å². The first-order chi connectivity index (χ1) is 10.4. The topological polar surface area (TPSA) is 105 Å². The normalized spacial score (nSPS) is 10.7. The predicted octanol–water partition coefficient (Wildman–Crippen LogP) is 1.88. The number of halogens is 1. The number of benzene rings is 2. The van der Waals surface area contributed by atoms with Crippen LogP contribution in [0.4, 0.5) is 0 Å². The first-order valence-corrected chi connectivity index (χ1v) is 7.98. The standard InChI is InChI=1S/C15H17N3O3S.ClH/c1-21-13-7-5-11(6-8-13)10-18-22(19,20)14-4-2-3-12(9-14)15(16)17;/h2-9,18H,10H2,1H3,(H3,16,17);1H. The van der Waals surface area contributed by atoms with Gasteiger partial charge in [0.15, 0.2) is 0 Å². The van der Waals surface area contributed by atoms with Crippen molar-refractivity contribution in [2.24, 2.45) is 5.73 Å². The molecule has 0 saturated carbocycles. The summed E-state index contributed by atoms with van der Waals surface area (Å²) in [6.07, 6.45) is 0. The summed E-state index contributed by atoms with van der Waals surface area (Å²) in [5, 5.41) is 7.36. The molecule has 0 aliphatic rings. The molecule has 2 rings (SSSR count). The maximum Gasteiger partial charge on any atom is 0.240 e. The fourth-order valence-electron chi connectivity index (χ4n) is 1.84. The Kier molecular flexibility index (Phi) is 6.56. The van der Waals surface area contributed by atoms with Gasteiger partial charge in [0.05, 0.1) is 12.0 Å². The Hall–Kier alpha value is -2.09. The predicted molar refractivity (Wildman–Crippen MR) is 91.7 cm³/mol. The average Bonchev–Trinajstić information content (AvgIpc) is 2.53. The van der Waals surface area contributed by atoms with E-state index in [0.717, 1.165) is 5.56 Å². The van der Waals surface area contributed by atoms with Gasteiger partial charge < -0.3 is 10.5 Å². The molecule has 0 saturated heterocycles. The molecule has 0 fully saturated rings. The van der Waals surface area contributed by atoms with Crippen molar-refractivity contribution in [1.82, 2.24) is 4.72 Å². The minimum atomic E-state index is -3.66. The molecule has 0 heterocycles. The van der Waals surface area contributed by atoms with Crippen LogP contribution in [0.5, 0.6) is 5.75 Å². The van der Waals surface area contributed by atoms with E-state index in [-0.39, 0.29) is 29.7 Å². The highest BCUT2D eigenvalue weighted by Crippen LogP contribution is 2.14. The quantitative estimate of drug-likeness (QED) is 0.543. The molecule has 4 N–H and O–H groups in total. The van der Waals surface area contributed by atoms with Crippen molar-refractivity contribution in [3.05, 3.63) is 59.7 Å². The molecule has 0 atom stereocenters. The highest BCUT2D eigenvalue weighted by atomic mass is 35.5. The van der Waals surface area contributed by atoms with Gasteiger partial charge in [-0.1, -0.05) is 24.3 Å². The molecule has 0 unspecified atom stereocenters. The SMILES string of the molecule is COc1ccc(CNS(=O)(=O)c2cccc(C(=N)N)c2)cc1.Cl. The fraction of sp³-hybridized carbons (Fsp3) is 0.133. The third-order valence-electron chi connectivity index (χ3n) is 3.08. The molecule has 0 bridgehead atoms. The minimum absolute atomic E-state index is 0. The first kappa shape index (κ1) is 19.0. The number of nitrogens with one attached hydrogen (secondary N) is 2. The van der Waals surface area contributed by atoms with E-state index in [4.69, 9.17) is 15.9 Å². The van der Waals surface area contributed by atoms with Crippen molar-refractivity contribution >= 4 is 28.3 Å². The van der Waals surface area contributed by atoms with Gasteiger partial charge in [0.2, 0.25) is 10.0 Å². The Morgan fingerprint density at radius 3 is 2.43 bits per heavy atom. The van der Waals surface area contributed by atoms with Crippen molar-refractivity contribution < 1.29 is 13.2 Å². The molecule has 0 amide bonds.